The molecule has 1 atom stereocenters. The summed E-state index contributed by atoms with van der Waals surface area (Å²) in [6.07, 6.45) is 0. The smallest absolute Gasteiger partial charge is 0.251 e. The number of carbonyl (C=O) groups is 1. The van der Waals surface area contributed by atoms with Gasteiger partial charge in [-0.05, 0) is 36.4 Å². The van der Waals surface area contributed by atoms with Crippen molar-refractivity contribution in [3.05, 3.63) is 59.9 Å². The van der Waals surface area contributed by atoms with Crippen LogP contribution in [0.4, 0.5) is 18.9 Å². The summed E-state index contributed by atoms with van der Waals surface area (Å²) in [5, 5.41) is 13.7. The number of hydrogen-bond donors (Lipinski definition) is 1. The van der Waals surface area contributed by atoms with Gasteiger partial charge in [0.25, 0.3) is 5.91 Å². The van der Waals surface area contributed by atoms with E-state index in [0.717, 1.165) is 16.9 Å². The lowest BCUT2D eigenvalue weighted by molar-refractivity contribution is -0.119. The maximum atomic E-state index is 13.6. The molecule has 0 spiro atoms. The van der Waals surface area contributed by atoms with Crippen LogP contribution < -0.4 is 5.32 Å². The fourth-order valence-electron chi connectivity index (χ4n) is 2.08. The molecule has 25 heavy (non-hydrogen) atoms. The first-order valence-corrected chi connectivity index (χ1v) is 7.26. The maximum Gasteiger partial charge on any atom is 0.251 e. The molecule has 0 fully saturated rings. The van der Waals surface area contributed by atoms with Crippen molar-refractivity contribution in [1.82, 2.24) is 20.2 Å². The van der Waals surface area contributed by atoms with Crippen molar-refractivity contribution < 1.29 is 18.0 Å². The minimum absolute atomic E-state index is 0.122. The molecule has 3 rings (SSSR count). The molecule has 1 amide bonds. The predicted molar refractivity (Wildman–Crippen MR) is 82.9 cm³/mol. The van der Waals surface area contributed by atoms with Crippen molar-refractivity contribution >= 4 is 11.6 Å². The molecule has 1 aromatic heterocycles. The number of anilines is 1. The predicted octanol–water partition coefficient (Wildman–Crippen LogP) is 2.96. The fourth-order valence-corrected chi connectivity index (χ4v) is 2.08. The Hall–Kier alpha value is -3.23. The van der Waals surface area contributed by atoms with Crippen molar-refractivity contribution in [2.75, 3.05) is 5.32 Å². The molecule has 128 valence electrons. The first kappa shape index (κ1) is 16.6. The minimum atomic E-state index is -0.992. The highest BCUT2D eigenvalue weighted by Gasteiger charge is 2.21. The highest BCUT2D eigenvalue weighted by molar-refractivity contribution is 5.93. The lowest BCUT2D eigenvalue weighted by Gasteiger charge is -2.11. The Kier molecular flexibility index (Phi) is 4.46. The van der Waals surface area contributed by atoms with Crippen LogP contribution in [0.25, 0.3) is 11.4 Å². The maximum absolute atomic E-state index is 13.6. The van der Waals surface area contributed by atoms with Crippen LogP contribution in [0.15, 0.2) is 42.5 Å². The molecule has 0 aliphatic carbocycles. The molecule has 2 aromatic carbocycles. The topological polar surface area (TPSA) is 72.7 Å². The van der Waals surface area contributed by atoms with E-state index in [9.17, 15) is 18.0 Å². The molecule has 1 heterocycles. The number of rotatable bonds is 4. The summed E-state index contributed by atoms with van der Waals surface area (Å²) in [6, 6.07) is 7.82. The number of halogens is 3. The Bertz CT molecular complexity index is 907. The molecule has 0 bridgehead atoms. The molecule has 6 nitrogen and oxygen atoms in total. The van der Waals surface area contributed by atoms with E-state index < -0.39 is 35.1 Å². The monoisotopic (exact) mass is 347 g/mol. The highest BCUT2D eigenvalue weighted by atomic mass is 19.1. The Balaban J connectivity index is 1.79. The normalized spacial score (nSPS) is 12.0. The van der Waals surface area contributed by atoms with Crippen LogP contribution in [0.1, 0.15) is 13.0 Å². The average Bonchev–Trinajstić information content (AvgIpc) is 3.07. The molecule has 0 saturated heterocycles. The zero-order valence-electron chi connectivity index (χ0n) is 12.9. The molecule has 9 heteroatoms. The zero-order chi connectivity index (χ0) is 18.0. The van der Waals surface area contributed by atoms with Gasteiger partial charge in [0.1, 0.15) is 29.2 Å². The summed E-state index contributed by atoms with van der Waals surface area (Å²) in [7, 11) is 0. The summed E-state index contributed by atoms with van der Waals surface area (Å²) in [6.45, 7) is 1.44. The van der Waals surface area contributed by atoms with Gasteiger partial charge in [0.2, 0.25) is 5.82 Å². The molecular weight excluding hydrogens is 335 g/mol. The summed E-state index contributed by atoms with van der Waals surface area (Å²) in [5.74, 6) is -2.86. The van der Waals surface area contributed by atoms with Crippen LogP contribution in [-0.4, -0.2) is 26.1 Å². The van der Waals surface area contributed by atoms with Gasteiger partial charge in [-0.1, -0.05) is 18.2 Å². The Morgan fingerprint density at radius 3 is 2.48 bits per heavy atom. The number of nitrogens with zero attached hydrogens (tertiary/aromatic N) is 4. The summed E-state index contributed by atoms with van der Waals surface area (Å²) >= 11 is 0. The van der Waals surface area contributed by atoms with Crippen LogP contribution in [0.3, 0.4) is 0 Å². The number of nitrogens with one attached hydrogen (secondary N) is 1. The second kappa shape index (κ2) is 6.71. The molecule has 0 aliphatic heterocycles. The lowest BCUT2D eigenvalue weighted by Crippen LogP contribution is -2.26. The van der Waals surface area contributed by atoms with Crippen molar-refractivity contribution in [1.29, 1.82) is 0 Å². The van der Waals surface area contributed by atoms with Gasteiger partial charge in [0.15, 0.2) is 0 Å². The molecule has 0 radical (unpaired) electrons. The Labute approximate surface area is 140 Å². The molecule has 1 unspecified atom stereocenters. The van der Waals surface area contributed by atoms with E-state index >= 15 is 0 Å². The molecule has 3 aromatic rings. The lowest BCUT2D eigenvalue weighted by atomic mass is 10.2. The summed E-state index contributed by atoms with van der Waals surface area (Å²) in [4.78, 5) is 13.2. The third kappa shape index (κ3) is 3.49. The molecule has 0 saturated carbocycles. The van der Waals surface area contributed by atoms with E-state index in [1.54, 1.807) is 6.07 Å². The van der Waals surface area contributed by atoms with Gasteiger partial charge in [-0.3, -0.25) is 4.79 Å². The quantitative estimate of drug-likeness (QED) is 0.788. The van der Waals surface area contributed by atoms with Crippen molar-refractivity contribution in [3.8, 4) is 11.4 Å². The number of para-hydroxylation sites is 1. The van der Waals surface area contributed by atoms with Gasteiger partial charge >= 0.3 is 0 Å². The van der Waals surface area contributed by atoms with Gasteiger partial charge in [0.05, 0.1) is 0 Å². The van der Waals surface area contributed by atoms with E-state index in [-0.39, 0.29) is 5.82 Å². The third-order valence-corrected chi connectivity index (χ3v) is 3.45. The van der Waals surface area contributed by atoms with E-state index in [1.165, 1.54) is 31.2 Å². The van der Waals surface area contributed by atoms with E-state index in [1.807, 2.05) is 0 Å². The third-order valence-electron chi connectivity index (χ3n) is 3.45. The zero-order valence-corrected chi connectivity index (χ0v) is 12.9. The number of amides is 1. The van der Waals surface area contributed by atoms with Gasteiger partial charge in [0, 0.05) is 5.56 Å². The van der Waals surface area contributed by atoms with Crippen LogP contribution in [0, 0.1) is 17.5 Å². The summed E-state index contributed by atoms with van der Waals surface area (Å²) in [5.41, 5.74) is -0.163. The van der Waals surface area contributed by atoms with Gasteiger partial charge in [-0.15, -0.1) is 10.2 Å². The van der Waals surface area contributed by atoms with E-state index in [0.29, 0.717) is 5.56 Å². The summed E-state index contributed by atoms with van der Waals surface area (Å²) < 4.78 is 40.4. The second-order valence-corrected chi connectivity index (χ2v) is 5.21. The number of benzene rings is 2. The SMILES string of the molecule is CC(C(=O)Nc1c(F)cccc1F)n1nnc(-c2cccc(F)c2)n1. The fraction of sp³-hybridized carbons (Fsp3) is 0.125. The van der Waals surface area contributed by atoms with Gasteiger partial charge in [-0.25, -0.2) is 13.2 Å². The first-order valence-electron chi connectivity index (χ1n) is 7.26. The van der Waals surface area contributed by atoms with Crippen molar-refractivity contribution in [2.24, 2.45) is 0 Å². The Morgan fingerprint density at radius 1 is 1.12 bits per heavy atom. The van der Waals surface area contributed by atoms with Crippen molar-refractivity contribution in [3.63, 3.8) is 0 Å². The van der Waals surface area contributed by atoms with E-state index in [2.05, 4.69) is 20.7 Å². The van der Waals surface area contributed by atoms with Gasteiger partial charge < -0.3 is 5.32 Å². The van der Waals surface area contributed by atoms with Crippen LogP contribution >= 0.6 is 0 Å². The Morgan fingerprint density at radius 2 is 1.80 bits per heavy atom. The number of aromatic nitrogens is 4. The van der Waals surface area contributed by atoms with Crippen molar-refractivity contribution in [2.45, 2.75) is 13.0 Å². The standard InChI is InChI=1S/C16H12F3N5O/c1-9(16(25)20-14-12(18)6-3-7-13(14)19)24-22-15(21-23-24)10-4-2-5-11(17)8-10/h2-9H,1H3,(H,20,25). The van der Waals surface area contributed by atoms with Crippen LogP contribution in [0.5, 0.6) is 0 Å². The second-order valence-electron chi connectivity index (χ2n) is 5.21. The number of carbonyl (C=O) groups excluding carboxylic acids is 1. The van der Waals surface area contributed by atoms with Gasteiger partial charge in [-0.2, -0.15) is 4.80 Å². The first-order chi connectivity index (χ1) is 12.0. The number of tetrazole rings is 1. The average molecular weight is 347 g/mol. The number of hydrogen-bond acceptors (Lipinski definition) is 4. The molecule has 1 N–H and O–H groups in total. The van der Waals surface area contributed by atoms with Crippen LogP contribution in [-0.2, 0) is 4.79 Å². The highest BCUT2D eigenvalue weighted by Crippen LogP contribution is 2.20. The largest absolute Gasteiger partial charge is 0.319 e. The van der Waals surface area contributed by atoms with E-state index in [4.69, 9.17) is 0 Å². The molecular formula is C16H12F3N5O. The van der Waals surface area contributed by atoms with Crippen LogP contribution in [0.2, 0.25) is 0 Å². The molecule has 0 aliphatic rings. The minimum Gasteiger partial charge on any atom is -0.319 e.